The summed E-state index contributed by atoms with van der Waals surface area (Å²) in [5, 5.41) is 13.0. The van der Waals surface area contributed by atoms with E-state index in [1.165, 1.54) is 0 Å². The van der Waals surface area contributed by atoms with Gasteiger partial charge in [-0.3, -0.25) is 14.4 Å². The van der Waals surface area contributed by atoms with E-state index in [9.17, 15) is 19.5 Å². The van der Waals surface area contributed by atoms with Crippen molar-refractivity contribution in [1.29, 1.82) is 0 Å². The zero-order chi connectivity index (χ0) is 32.8. The maximum atomic E-state index is 13.8. The van der Waals surface area contributed by atoms with Gasteiger partial charge in [0.15, 0.2) is 0 Å². The predicted octanol–water partition coefficient (Wildman–Crippen LogP) is 5.42. The fourth-order valence-corrected chi connectivity index (χ4v) is 6.40. The lowest BCUT2D eigenvalue weighted by Gasteiger charge is -2.29. The van der Waals surface area contributed by atoms with Gasteiger partial charge in [0.25, 0.3) is 0 Å². The molecule has 8 nitrogen and oxygen atoms in total. The molecule has 0 radical (unpaired) electrons. The van der Waals surface area contributed by atoms with Gasteiger partial charge in [-0.1, -0.05) is 84.9 Å². The van der Waals surface area contributed by atoms with E-state index in [0.29, 0.717) is 45.3 Å². The first-order valence-corrected chi connectivity index (χ1v) is 16.8. The Morgan fingerprint density at radius 1 is 0.894 bits per heavy atom. The molecule has 3 aromatic rings. The normalized spacial score (nSPS) is 21.0. The van der Waals surface area contributed by atoms with Gasteiger partial charge in [0.05, 0.1) is 30.5 Å². The third-order valence-corrected chi connectivity index (χ3v) is 9.03. The number of carbonyl (C=O) groups is 3. The van der Waals surface area contributed by atoms with Crippen LogP contribution in [0.4, 0.5) is 0 Å². The van der Waals surface area contributed by atoms with Crippen LogP contribution in [0.2, 0.25) is 0 Å². The second kappa shape index (κ2) is 17.5. The summed E-state index contributed by atoms with van der Waals surface area (Å²) < 4.78 is 11.7. The van der Waals surface area contributed by atoms with E-state index in [0.717, 1.165) is 35.3 Å². The molecule has 1 fully saturated rings. The third kappa shape index (κ3) is 10.3. The second-order valence-corrected chi connectivity index (χ2v) is 12.6. The van der Waals surface area contributed by atoms with Gasteiger partial charge in [0, 0.05) is 13.0 Å². The number of ether oxygens (including phenoxy) is 2. The molecular formula is C39H46N2O6. The molecule has 2 aliphatic rings. The molecule has 2 N–H and O–H groups in total. The predicted molar refractivity (Wildman–Crippen MR) is 180 cm³/mol. The van der Waals surface area contributed by atoms with Crippen LogP contribution in [0.5, 0.6) is 5.75 Å². The van der Waals surface area contributed by atoms with Crippen LogP contribution in [0.1, 0.15) is 55.2 Å². The molecule has 0 bridgehead atoms. The number of nitrogens with zero attached hydrogens (tertiary/aromatic N) is 1. The van der Waals surface area contributed by atoms with Crippen molar-refractivity contribution in [2.45, 2.75) is 70.1 Å². The van der Waals surface area contributed by atoms with Crippen molar-refractivity contribution in [3.63, 3.8) is 0 Å². The van der Waals surface area contributed by atoms with Gasteiger partial charge >= 0.3 is 5.97 Å². The standard InChI is InChI=1S/C39H46N2O6/c42-26-34(24-30-18-20-36(21-19-30)46-27-31-13-6-2-7-14-31)40-37(43)25-32-15-8-3-9-16-33(23-29-11-4-1-5-12-29)39(45)47-28-35-17-10-22-41(35)38(32)44/h1-8,11-14,18-21,32-35,42H,9-10,15-17,22-28H2,(H,40,43). The lowest BCUT2D eigenvalue weighted by atomic mass is 9.94. The zero-order valence-electron chi connectivity index (χ0n) is 27.0. The van der Waals surface area contributed by atoms with Gasteiger partial charge in [-0.15, -0.1) is 0 Å². The highest BCUT2D eigenvalue weighted by Gasteiger charge is 2.35. The lowest BCUT2D eigenvalue weighted by molar-refractivity contribution is -0.152. The largest absolute Gasteiger partial charge is 0.489 e. The Morgan fingerprint density at radius 2 is 1.62 bits per heavy atom. The van der Waals surface area contributed by atoms with Crippen molar-refractivity contribution < 1.29 is 29.0 Å². The van der Waals surface area contributed by atoms with E-state index in [1.807, 2.05) is 97.1 Å². The molecule has 2 aliphatic heterocycles. The zero-order valence-corrected chi connectivity index (χ0v) is 27.0. The third-order valence-electron chi connectivity index (χ3n) is 9.03. The minimum absolute atomic E-state index is 0.0194. The van der Waals surface area contributed by atoms with Crippen LogP contribution in [-0.2, 0) is 38.6 Å². The highest BCUT2D eigenvalue weighted by Crippen LogP contribution is 2.26. The average Bonchev–Trinajstić information content (AvgIpc) is 3.58. The number of cyclic esters (lactones) is 1. The molecule has 4 unspecified atom stereocenters. The van der Waals surface area contributed by atoms with Gasteiger partial charge in [-0.05, 0) is 73.8 Å². The van der Waals surface area contributed by atoms with E-state index in [2.05, 4.69) is 5.32 Å². The molecule has 47 heavy (non-hydrogen) atoms. The van der Waals surface area contributed by atoms with Crippen molar-refractivity contribution in [3.8, 4) is 5.75 Å². The van der Waals surface area contributed by atoms with Crippen LogP contribution in [0.3, 0.4) is 0 Å². The number of hydrogen-bond donors (Lipinski definition) is 2. The number of aliphatic hydroxyl groups is 1. The van der Waals surface area contributed by atoms with Crippen molar-refractivity contribution in [2.75, 3.05) is 19.8 Å². The van der Waals surface area contributed by atoms with Gasteiger partial charge in [0.2, 0.25) is 11.8 Å². The molecule has 1 saturated heterocycles. The molecule has 5 rings (SSSR count). The number of nitrogens with one attached hydrogen (secondary N) is 1. The minimum atomic E-state index is -0.538. The molecule has 4 atom stereocenters. The molecule has 0 saturated carbocycles. The fourth-order valence-electron chi connectivity index (χ4n) is 6.40. The van der Waals surface area contributed by atoms with E-state index in [4.69, 9.17) is 9.47 Å². The molecule has 0 spiro atoms. The van der Waals surface area contributed by atoms with Gasteiger partial charge < -0.3 is 24.8 Å². The van der Waals surface area contributed by atoms with E-state index in [1.54, 1.807) is 4.90 Å². The Bertz CT molecular complexity index is 1460. The van der Waals surface area contributed by atoms with Crippen LogP contribution >= 0.6 is 0 Å². The summed E-state index contributed by atoms with van der Waals surface area (Å²) in [6.07, 6.45) is 8.41. The summed E-state index contributed by atoms with van der Waals surface area (Å²) >= 11 is 0. The smallest absolute Gasteiger partial charge is 0.309 e. The van der Waals surface area contributed by atoms with Gasteiger partial charge in [-0.2, -0.15) is 0 Å². The van der Waals surface area contributed by atoms with E-state index in [-0.39, 0.29) is 49.4 Å². The molecule has 0 aromatic heterocycles. The van der Waals surface area contributed by atoms with Crippen LogP contribution in [-0.4, -0.2) is 59.6 Å². The number of fused-ring (bicyclic) bond motifs is 1. The minimum Gasteiger partial charge on any atom is -0.489 e. The van der Waals surface area contributed by atoms with Crippen LogP contribution in [0.25, 0.3) is 0 Å². The fraction of sp³-hybridized carbons (Fsp3) is 0.410. The number of aliphatic hydroxyl groups excluding tert-OH is 1. The van der Waals surface area contributed by atoms with Crippen molar-refractivity contribution in [1.82, 2.24) is 10.2 Å². The Kier molecular flexibility index (Phi) is 12.6. The van der Waals surface area contributed by atoms with Crippen molar-refractivity contribution in [3.05, 3.63) is 114 Å². The van der Waals surface area contributed by atoms with Crippen molar-refractivity contribution in [2.24, 2.45) is 11.8 Å². The molecule has 8 heteroatoms. The summed E-state index contributed by atoms with van der Waals surface area (Å²) in [5.74, 6) is -0.634. The Labute approximate surface area is 277 Å². The summed E-state index contributed by atoms with van der Waals surface area (Å²) in [7, 11) is 0. The average molecular weight is 639 g/mol. The highest BCUT2D eigenvalue weighted by molar-refractivity contribution is 5.86. The summed E-state index contributed by atoms with van der Waals surface area (Å²) in [6, 6.07) is 26.9. The quantitative estimate of drug-likeness (QED) is 0.215. The monoisotopic (exact) mass is 638 g/mol. The second-order valence-electron chi connectivity index (χ2n) is 12.6. The van der Waals surface area contributed by atoms with Crippen LogP contribution in [0.15, 0.2) is 97.1 Å². The first-order chi connectivity index (χ1) is 23.0. The van der Waals surface area contributed by atoms with Gasteiger partial charge in [-0.25, -0.2) is 0 Å². The molecular weight excluding hydrogens is 592 g/mol. The summed E-state index contributed by atoms with van der Waals surface area (Å²) in [6.45, 7) is 1.01. The topological polar surface area (TPSA) is 105 Å². The summed E-state index contributed by atoms with van der Waals surface area (Å²) in [4.78, 5) is 42.0. The van der Waals surface area contributed by atoms with E-state index < -0.39 is 12.0 Å². The lowest BCUT2D eigenvalue weighted by Crippen LogP contribution is -2.45. The van der Waals surface area contributed by atoms with Crippen molar-refractivity contribution >= 4 is 17.8 Å². The maximum absolute atomic E-state index is 13.8. The maximum Gasteiger partial charge on any atom is 0.309 e. The molecule has 3 aromatic carbocycles. The van der Waals surface area contributed by atoms with Crippen LogP contribution in [0, 0.1) is 11.8 Å². The molecule has 248 valence electrons. The SMILES string of the molecule is O=C(CC1CC=CCCC(Cc2ccccc2)C(=O)OCC2CCCN2C1=O)NC(CO)Cc1ccc(OCc2ccccc2)cc1. The highest BCUT2D eigenvalue weighted by atomic mass is 16.5. The number of benzene rings is 3. The number of rotatable bonds is 11. The van der Waals surface area contributed by atoms with Gasteiger partial charge in [0.1, 0.15) is 19.0 Å². The first kappa shape index (κ1) is 33.9. The Balaban J connectivity index is 1.17. The molecule has 0 aliphatic carbocycles. The Morgan fingerprint density at radius 3 is 2.34 bits per heavy atom. The number of allylic oxidation sites excluding steroid dienone is 2. The number of carbonyl (C=O) groups excluding carboxylic acids is 3. The Hall–Kier alpha value is -4.43. The molecule has 2 heterocycles. The van der Waals surface area contributed by atoms with Crippen LogP contribution < -0.4 is 10.1 Å². The number of hydrogen-bond acceptors (Lipinski definition) is 6. The summed E-state index contributed by atoms with van der Waals surface area (Å²) in [5.41, 5.74) is 3.14. The number of amides is 2. The first-order valence-electron chi connectivity index (χ1n) is 16.8. The van der Waals surface area contributed by atoms with E-state index >= 15 is 0 Å². The number of esters is 1. The molecule has 2 amide bonds.